The molecule has 1 aromatic heterocycles. The first-order chi connectivity index (χ1) is 17.2. The van der Waals surface area contributed by atoms with E-state index in [-0.39, 0.29) is 29.5 Å². The van der Waals surface area contributed by atoms with Crippen LogP contribution in [0.2, 0.25) is 0 Å². The lowest BCUT2D eigenvalue weighted by Crippen LogP contribution is -2.46. The Labute approximate surface area is 206 Å². The van der Waals surface area contributed by atoms with Crippen LogP contribution >= 0.6 is 0 Å². The minimum absolute atomic E-state index is 0.0453. The fourth-order valence-electron chi connectivity index (χ4n) is 4.73. The number of halogens is 3. The van der Waals surface area contributed by atoms with Crippen LogP contribution < -0.4 is 9.64 Å². The molecule has 1 amide bonds. The van der Waals surface area contributed by atoms with Crippen molar-refractivity contribution < 1.29 is 27.8 Å². The zero-order chi connectivity index (χ0) is 25.3. The quantitative estimate of drug-likeness (QED) is 0.551. The Hall–Kier alpha value is -3.79. The standard InChI is InChI=1S/C26H25F3N4O3/c27-26(28,29)36-21-6-4-18(5-7-21)16-33-17-20-13-19(14-22(34)24(20)25(33)35)15-31-9-11-32(12-10-31)23-3-1-2-8-30-23/h1-8,13-14,34H,9-12,15-17H2. The van der Waals surface area contributed by atoms with E-state index in [2.05, 4.69) is 19.5 Å². The van der Waals surface area contributed by atoms with Gasteiger partial charge in [0.15, 0.2) is 0 Å². The van der Waals surface area contributed by atoms with Crippen LogP contribution in [-0.2, 0) is 19.6 Å². The van der Waals surface area contributed by atoms with Crippen molar-refractivity contribution in [1.82, 2.24) is 14.8 Å². The number of aromatic hydroxyl groups is 1. The van der Waals surface area contributed by atoms with Crippen molar-refractivity contribution in [2.75, 3.05) is 31.1 Å². The Kier molecular flexibility index (Phi) is 6.44. The number of hydrogen-bond donors (Lipinski definition) is 1. The molecule has 0 spiro atoms. The molecule has 0 bridgehead atoms. The Morgan fingerprint density at radius 3 is 2.36 bits per heavy atom. The molecule has 1 saturated heterocycles. The fraction of sp³-hybridized carbons (Fsp3) is 0.308. The van der Waals surface area contributed by atoms with Gasteiger partial charge in [0.25, 0.3) is 5.91 Å². The molecule has 36 heavy (non-hydrogen) atoms. The third kappa shape index (κ3) is 5.38. The molecule has 2 aromatic carbocycles. The topological polar surface area (TPSA) is 69.1 Å². The maximum atomic E-state index is 12.9. The molecule has 0 unspecified atom stereocenters. The number of piperazine rings is 1. The molecule has 10 heteroatoms. The van der Waals surface area contributed by atoms with Gasteiger partial charge in [-0.15, -0.1) is 13.2 Å². The summed E-state index contributed by atoms with van der Waals surface area (Å²) in [5.74, 6) is 0.309. The average Bonchev–Trinajstić information content (AvgIpc) is 3.15. The lowest BCUT2D eigenvalue weighted by molar-refractivity contribution is -0.274. The van der Waals surface area contributed by atoms with Gasteiger partial charge in [0.2, 0.25) is 0 Å². The number of anilines is 1. The molecule has 1 fully saturated rings. The zero-order valence-electron chi connectivity index (χ0n) is 19.4. The van der Waals surface area contributed by atoms with Crippen LogP contribution in [-0.4, -0.2) is 58.3 Å². The van der Waals surface area contributed by atoms with Crippen molar-refractivity contribution in [3.63, 3.8) is 0 Å². The minimum Gasteiger partial charge on any atom is -0.507 e. The van der Waals surface area contributed by atoms with E-state index in [0.717, 1.165) is 43.1 Å². The van der Waals surface area contributed by atoms with Gasteiger partial charge >= 0.3 is 6.36 Å². The second kappa shape index (κ2) is 9.69. The van der Waals surface area contributed by atoms with Gasteiger partial charge in [-0.3, -0.25) is 9.69 Å². The van der Waals surface area contributed by atoms with E-state index in [0.29, 0.717) is 18.7 Å². The van der Waals surface area contributed by atoms with Crippen LogP contribution in [0.4, 0.5) is 19.0 Å². The lowest BCUT2D eigenvalue weighted by atomic mass is 10.0. The number of carbonyl (C=O) groups is 1. The summed E-state index contributed by atoms with van der Waals surface area (Å²) in [4.78, 5) is 23.4. The van der Waals surface area contributed by atoms with Gasteiger partial charge in [-0.2, -0.15) is 0 Å². The van der Waals surface area contributed by atoms with E-state index in [1.807, 2.05) is 24.3 Å². The molecule has 0 atom stereocenters. The molecule has 3 heterocycles. The monoisotopic (exact) mass is 498 g/mol. The summed E-state index contributed by atoms with van der Waals surface area (Å²) in [6.45, 7) is 4.61. The second-order valence-electron chi connectivity index (χ2n) is 8.95. The number of alkyl halides is 3. The molecule has 0 aliphatic carbocycles. The number of hydrogen-bond acceptors (Lipinski definition) is 6. The SMILES string of the molecule is O=C1c2c(O)cc(CN3CCN(c4ccccn4)CC3)cc2CN1Cc1ccc(OC(F)(F)F)cc1. The van der Waals surface area contributed by atoms with Gasteiger partial charge in [0.1, 0.15) is 17.3 Å². The van der Waals surface area contributed by atoms with Crippen molar-refractivity contribution in [3.8, 4) is 11.5 Å². The highest BCUT2D eigenvalue weighted by molar-refractivity contribution is 6.01. The smallest absolute Gasteiger partial charge is 0.507 e. The van der Waals surface area contributed by atoms with Gasteiger partial charge in [-0.25, -0.2) is 4.98 Å². The van der Waals surface area contributed by atoms with E-state index < -0.39 is 6.36 Å². The van der Waals surface area contributed by atoms with Gasteiger partial charge < -0.3 is 19.6 Å². The van der Waals surface area contributed by atoms with Crippen LogP contribution in [0.15, 0.2) is 60.8 Å². The van der Waals surface area contributed by atoms with Crippen molar-refractivity contribution in [1.29, 1.82) is 0 Å². The number of carbonyl (C=O) groups excluding carboxylic acids is 1. The van der Waals surface area contributed by atoms with Gasteiger partial charge in [0.05, 0.1) is 5.56 Å². The Morgan fingerprint density at radius 2 is 1.69 bits per heavy atom. The molecule has 5 rings (SSSR count). The molecule has 3 aromatic rings. The Balaban J connectivity index is 1.21. The lowest BCUT2D eigenvalue weighted by Gasteiger charge is -2.35. The molecule has 0 radical (unpaired) electrons. The number of phenols is 1. The minimum atomic E-state index is -4.75. The predicted octanol–water partition coefficient (Wildman–Crippen LogP) is 4.16. The summed E-state index contributed by atoms with van der Waals surface area (Å²) in [6, 6.07) is 14.9. The Bertz CT molecular complexity index is 1230. The van der Waals surface area contributed by atoms with E-state index >= 15 is 0 Å². The van der Waals surface area contributed by atoms with Crippen LogP contribution in [0.5, 0.6) is 11.5 Å². The number of benzene rings is 2. The number of phenolic OH excluding ortho intramolecular Hbond substituents is 1. The summed E-state index contributed by atoms with van der Waals surface area (Å²) in [5.41, 5.74) is 2.63. The van der Waals surface area contributed by atoms with Crippen molar-refractivity contribution in [2.24, 2.45) is 0 Å². The van der Waals surface area contributed by atoms with Crippen LogP contribution in [0.1, 0.15) is 27.0 Å². The summed E-state index contributed by atoms with van der Waals surface area (Å²) in [5, 5.41) is 10.6. The largest absolute Gasteiger partial charge is 0.573 e. The van der Waals surface area contributed by atoms with Crippen molar-refractivity contribution >= 4 is 11.7 Å². The first kappa shape index (κ1) is 23.9. The number of rotatable bonds is 6. The van der Waals surface area contributed by atoms with Gasteiger partial charge in [0, 0.05) is 52.0 Å². The maximum Gasteiger partial charge on any atom is 0.573 e. The molecule has 7 nitrogen and oxygen atoms in total. The number of fused-ring (bicyclic) bond motifs is 1. The van der Waals surface area contributed by atoms with Crippen LogP contribution in [0.25, 0.3) is 0 Å². The molecular formula is C26H25F3N4O3. The Morgan fingerprint density at radius 1 is 0.944 bits per heavy atom. The molecule has 1 N–H and O–H groups in total. The highest BCUT2D eigenvalue weighted by Gasteiger charge is 2.32. The third-order valence-electron chi connectivity index (χ3n) is 6.40. The van der Waals surface area contributed by atoms with Crippen molar-refractivity contribution in [3.05, 3.63) is 83.0 Å². The average molecular weight is 499 g/mol. The summed E-state index contributed by atoms with van der Waals surface area (Å²) in [6.07, 6.45) is -2.97. The normalized spacial score (nSPS) is 16.4. The zero-order valence-corrected chi connectivity index (χ0v) is 19.4. The third-order valence-corrected chi connectivity index (χ3v) is 6.40. The van der Waals surface area contributed by atoms with Crippen LogP contribution in [0, 0.1) is 0 Å². The second-order valence-corrected chi connectivity index (χ2v) is 8.95. The summed E-state index contributed by atoms with van der Waals surface area (Å²) >= 11 is 0. The maximum absolute atomic E-state index is 12.9. The van der Waals surface area contributed by atoms with E-state index in [1.54, 1.807) is 17.2 Å². The number of pyridine rings is 1. The first-order valence-corrected chi connectivity index (χ1v) is 11.6. The van der Waals surface area contributed by atoms with Gasteiger partial charge in [-0.05, 0) is 47.0 Å². The van der Waals surface area contributed by atoms with Gasteiger partial charge in [-0.1, -0.05) is 24.3 Å². The first-order valence-electron chi connectivity index (χ1n) is 11.6. The fourth-order valence-corrected chi connectivity index (χ4v) is 4.73. The van der Waals surface area contributed by atoms with E-state index in [1.165, 1.54) is 24.3 Å². The predicted molar refractivity (Wildman–Crippen MR) is 127 cm³/mol. The number of nitrogens with zero attached hydrogens (tertiary/aromatic N) is 4. The highest BCUT2D eigenvalue weighted by Crippen LogP contribution is 2.33. The molecule has 0 saturated carbocycles. The number of amides is 1. The van der Waals surface area contributed by atoms with Crippen molar-refractivity contribution in [2.45, 2.75) is 26.0 Å². The molecule has 2 aliphatic rings. The molecule has 2 aliphatic heterocycles. The van der Waals surface area contributed by atoms with Crippen LogP contribution in [0.3, 0.4) is 0 Å². The summed E-state index contributed by atoms with van der Waals surface area (Å²) < 4.78 is 41.0. The van der Waals surface area contributed by atoms with E-state index in [4.69, 9.17) is 0 Å². The number of aromatic nitrogens is 1. The highest BCUT2D eigenvalue weighted by atomic mass is 19.4. The summed E-state index contributed by atoms with van der Waals surface area (Å²) in [7, 11) is 0. The molecular weight excluding hydrogens is 473 g/mol. The number of ether oxygens (including phenoxy) is 1. The van der Waals surface area contributed by atoms with E-state index in [9.17, 15) is 23.1 Å². The molecule has 188 valence electrons.